The SMILES string of the molecule is CNc1cc(C(=O)N2CCOC(c3cccc(Cc4cccc(OC)c4)n3)C2)ccn1. The molecule has 1 saturated heterocycles. The number of rotatable bonds is 6. The standard InChI is InChI=1S/C24H26N4O3/c1-25-23-15-18(9-10-26-23)24(29)28-11-12-31-22(16-28)21-8-4-6-19(27-21)13-17-5-3-7-20(14-17)30-2/h3-10,14-15,22H,11-13,16H2,1-2H3,(H,25,26). The zero-order valence-corrected chi connectivity index (χ0v) is 17.7. The van der Waals surface area contributed by atoms with Crippen molar-refractivity contribution in [3.05, 3.63) is 83.3 Å². The molecule has 1 atom stereocenters. The summed E-state index contributed by atoms with van der Waals surface area (Å²) in [6.07, 6.45) is 2.08. The molecule has 0 aliphatic carbocycles. The van der Waals surface area contributed by atoms with E-state index in [0.29, 0.717) is 37.5 Å². The second-order valence-corrected chi connectivity index (χ2v) is 7.37. The van der Waals surface area contributed by atoms with Gasteiger partial charge in [0.25, 0.3) is 5.91 Å². The average molecular weight is 418 g/mol. The number of pyridine rings is 2. The maximum atomic E-state index is 13.0. The van der Waals surface area contributed by atoms with Crippen LogP contribution < -0.4 is 10.1 Å². The van der Waals surface area contributed by atoms with E-state index in [4.69, 9.17) is 14.5 Å². The maximum Gasteiger partial charge on any atom is 0.254 e. The van der Waals surface area contributed by atoms with E-state index >= 15 is 0 Å². The summed E-state index contributed by atoms with van der Waals surface area (Å²) >= 11 is 0. The number of carbonyl (C=O) groups excluding carboxylic acids is 1. The summed E-state index contributed by atoms with van der Waals surface area (Å²) in [6.45, 7) is 1.49. The van der Waals surface area contributed by atoms with Gasteiger partial charge in [0.05, 0.1) is 26.0 Å². The third-order valence-corrected chi connectivity index (χ3v) is 5.29. The van der Waals surface area contributed by atoms with Gasteiger partial charge in [-0.25, -0.2) is 4.98 Å². The Morgan fingerprint density at radius 2 is 2.10 bits per heavy atom. The summed E-state index contributed by atoms with van der Waals surface area (Å²) in [5.74, 6) is 1.47. The summed E-state index contributed by atoms with van der Waals surface area (Å²) in [6, 6.07) is 17.4. The molecule has 1 aromatic carbocycles. The fourth-order valence-corrected chi connectivity index (χ4v) is 3.66. The Labute approximate surface area is 182 Å². The molecule has 0 radical (unpaired) electrons. The molecule has 31 heavy (non-hydrogen) atoms. The van der Waals surface area contributed by atoms with E-state index in [0.717, 1.165) is 22.7 Å². The van der Waals surface area contributed by atoms with E-state index < -0.39 is 0 Å². The molecular formula is C24H26N4O3. The zero-order chi connectivity index (χ0) is 21.6. The van der Waals surface area contributed by atoms with Gasteiger partial charge in [-0.15, -0.1) is 0 Å². The Bertz CT molecular complexity index is 1060. The highest BCUT2D eigenvalue weighted by Crippen LogP contribution is 2.23. The van der Waals surface area contributed by atoms with Gasteiger partial charge in [0, 0.05) is 37.5 Å². The van der Waals surface area contributed by atoms with Gasteiger partial charge in [0.15, 0.2) is 0 Å². The second kappa shape index (κ2) is 9.57. The fourth-order valence-electron chi connectivity index (χ4n) is 3.66. The summed E-state index contributed by atoms with van der Waals surface area (Å²) in [5.41, 5.74) is 3.53. The minimum Gasteiger partial charge on any atom is -0.497 e. The van der Waals surface area contributed by atoms with Gasteiger partial charge in [-0.3, -0.25) is 9.78 Å². The second-order valence-electron chi connectivity index (χ2n) is 7.37. The molecule has 0 bridgehead atoms. The molecule has 1 fully saturated rings. The molecule has 3 aromatic rings. The van der Waals surface area contributed by atoms with Crippen LogP contribution in [0.25, 0.3) is 0 Å². The van der Waals surface area contributed by atoms with E-state index in [1.165, 1.54) is 0 Å². The van der Waals surface area contributed by atoms with Crippen molar-refractivity contribution < 1.29 is 14.3 Å². The molecule has 0 saturated carbocycles. The van der Waals surface area contributed by atoms with Gasteiger partial charge in [-0.05, 0) is 42.0 Å². The van der Waals surface area contributed by atoms with Crippen LogP contribution in [0, 0.1) is 0 Å². The number of amides is 1. The summed E-state index contributed by atoms with van der Waals surface area (Å²) in [7, 11) is 3.45. The number of anilines is 1. The van der Waals surface area contributed by atoms with Crippen LogP contribution >= 0.6 is 0 Å². The first-order valence-corrected chi connectivity index (χ1v) is 10.3. The van der Waals surface area contributed by atoms with Crippen molar-refractivity contribution in [1.82, 2.24) is 14.9 Å². The van der Waals surface area contributed by atoms with Gasteiger partial charge in [-0.2, -0.15) is 0 Å². The highest BCUT2D eigenvalue weighted by Gasteiger charge is 2.27. The van der Waals surface area contributed by atoms with Crippen LogP contribution in [0.15, 0.2) is 60.8 Å². The first-order chi connectivity index (χ1) is 15.2. The number of ether oxygens (including phenoxy) is 2. The minimum atomic E-state index is -0.256. The Morgan fingerprint density at radius 3 is 2.94 bits per heavy atom. The van der Waals surface area contributed by atoms with Crippen molar-refractivity contribution in [2.75, 3.05) is 39.2 Å². The van der Waals surface area contributed by atoms with Crippen molar-refractivity contribution in [2.24, 2.45) is 0 Å². The number of hydrogen-bond donors (Lipinski definition) is 1. The summed E-state index contributed by atoms with van der Waals surface area (Å²) < 4.78 is 11.3. The number of morpholine rings is 1. The van der Waals surface area contributed by atoms with Crippen molar-refractivity contribution in [2.45, 2.75) is 12.5 Å². The number of carbonyl (C=O) groups is 1. The molecule has 2 aromatic heterocycles. The first-order valence-electron chi connectivity index (χ1n) is 10.3. The molecule has 7 nitrogen and oxygen atoms in total. The fraction of sp³-hybridized carbons (Fsp3) is 0.292. The number of aromatic nitrogens is 2. The predicted octanol–water partition coefficient (Wildman–Crippen LogP) is 3.33. The molecule has 0 spiro atoms. The number of nitrogens with zero attached hydrogens (tertiary/aromatic N) is 3. The van der Waals surface area contributed by atoms with Gasteiger partial charge in [0.2, 0.25) is 0 Å². The predicted molar refractivity (Wildman–Crippen MR) is 118 cm³/mol. The van der Waals surface area contributed by atoms with E-state index in [1.807, 2.05) is 41.3 Å². The van der Waals surface area contributed by atoms with Crippen molar-refractivity contribution >= 4 is 11.7 Å². The molecule has 7 heteroatoms. The molecule has 3 heterocycles. The quantitative estimate of drug-likeness (QED) is 0.662. The number of hydrogen-bond acceptors (Lipinski definition) is 6. The largest absolute Gasteiger partial charge is 0.497 e. The first kappa shape index (κ1) is 20.8. The van der Waals surface area contributed by atoms with Crippen molar-refractivity contribution in [3.63, 3.8) is 0 Å². The number of benzene rings is 1. The Balaban J connectivity index is 1.48. The zero-order valence-electron chi connectivity index (χ0n) is 17.7. The van der Waals surface area contributed by atoms with E-state index in [-0.39, 0.29) is 12.0 Å². The van der Waals surface area contributed by atoms with E-state index in [1.54, 1.807) is 32.5 Å². The number of nitrogens with one attached hydrogen (secondary N) is 1. The van der Waals surface area contributed by atoms with Crippen LogP contribution in [0.3, 0.4) is 0 Å². The summed E-state index contributed by atoms with van der Waals surface area (Å²) in [5, 5.41) is 2.97. The van der Waals surface area contributed by atoms with Crippen LogP contribution in [0.4, 0.5) is 5.82 Å². The monoisotopic (exact) mass is 418 g/mol. The third kappa shape index (κ3) is 5.00. The smallest absolute Gasteiger partial charge is 0.254 e. The van der Waals surface area contributed by atoms with Gasteiger partial charge < -0.3 is 19.7 Å². The third-order valence-electron chi connectivity index (χ3n) is 5.29. The van der Waals surface area contributed by atoms with Crippen LogP contribution in [0.5, 0.6) is 5.75 Å². The molecule has 160 valence electrons. The van der Waals surface area contributed by atoms with Crippen molar-refractivity contribution in [3.8, 4) is 5.75 Å². The lowest BCUT2D eigenvalue weighted by Crippen LogP contribution is -2.42. The van der Waals surface area contributed by atoms with Crippen LogP contribution in [-0.4, -0.2) is 54.6 Å². The maximum absolute atomic E-state index is 13.0. The summed E-state index contributed by atoms with van der Waals surface area (Å²) in [4.78, 5) is 23.8. The topological polar surface area (TPSA) is 76.6 Å². The molecule has 1 amide bonds. The molecular weight excluding hydrogens is 392 g/mol. The molecule has 1 N–H and O–H groups in total. The minimum absolute atomic E-state index is 0.0280. The highest BCUT2D eigenvalue weighted by molar-refractivity contribution is 5.94. The van der Waals surface area contributed by atoms with Gasteiger partial charge >= 0.3 is 0 Å². The Morgan fingerprint density at radius 1 is 1.23 bits per heavy atom. The van der Waals surface area contributed by atoms with Gasteiger partial charge in [0.1, 0.15) is 17.7 Å². The van der Waals surface area contributed by atoms with Crippen LogP contribution in [0.1, 0.15) is 33.4 Å². The Hall–Kier alpha value is -3.45. The molecule has 4 rings (SSSR count). The van der Waals surface area contributed by atoms with E-state index in [2.05, 4.69) is 16.4 Å². The van der Waals surface area contributed by atoms with Crippen LogP contribution in [0.2, 0.25) is 0 Å². The molecule has 1 aliphatic heterocycles. The highest BCUT2D eigenvalue weighted by atomic mass is 16.5. The number of methoxy groups -OCH3 is 1. The lowest BCUT2D eigenvalue weighted by atomic mass is 10.1. The lowest BCUT2D eigenvalue weighted by Gasteiger charge is -2.33. The van der Waals surface area contributed by atoms with Crippen LogP contribution in [-0.2, 0) is 11.2 Å². The Kier molecular flexibility index (Phi) is 6.43. The lowest BCUT2D eigenvalue weighted by molar-refractivity contribution is -0.0247. The average Bonchev–Trinajstić information content (AvgIpc) is 2.84. The van der Waals surface area contributed by atoms with Crippen molar-refractivity contribution in [1.29, 1.82) is 0 Å². The van der Waals surface area contributed by atoms with E-state index in [9.17, 15) is 4.79 Å². The molecule has 1 aliphatic rings. The molecule has 1 unspecified atom stereocenters. The van der Waals surface area contributed by atoms with Gasteiger partial charge in [-0.1, -0.05) is 18.2 Å². The normalized spacial score (nSPS) is 16.1.